The van der Waals surface area contributed by atoms with E-state index in [1.54, 1.807) is 60.7 Å². The van der Waals surface area contributed by atoms with Gasteiger partial charge in [0, 0.05) is 36.6 Å². The van der Waals surface area contributed by atoms with Gasteiger partial charge in [0.1, 0.15) is 18.2 Å². The highest BCUT2D eigenvalue weighted by Gasteiger charge is 2.10. The lowest BCUT2D eigenvalue weighted by atomic mass is 10.1. The third-order valence-electron chi connectivity index (χ3n) is 4.75. The molecule has 0 aliphatic heterocycles. The Balaban J connectivity index is 1.56. The first kappa shape index (κ1) is 23.9. The van der Waals surface area contributed by atoms with Gasteiger partial charge in [0.15, 0.2) is 0 Å². The fraction of sp³-hybridized carbons (Fsp3) is 0.231. The minimum absolute atomic E-state index is 0.209. The molecule has 33 heavy (non-hydrogen) atoms. The van der Waals surface area contributed by atoms with Crippen molar-refractivity contribution in [3.63, 3.8) is 0 Å². The van der Waals surface area contributed by atoms with Crippen LogP contribution in [0.5, 0.6) is 5.75 Å². The molecule has 0 spiro atoms. The predicted octanol–water partition coefficient (Wildman–Crippen LogP) is 4.81. The highest BCUT2D eigenvalue weighted by atomic mass is 19.1. The third kappa shape index (κ3) is 7.73. The second-order valence-electron chi connectivity index (χ2n) is 7.28. The minimum atomic E-state index is -0.323. The van der Waals surface area contributed by atoms with Gasteiger partial charge < -0.3 is 20.1 Å². The van der Waals surface area contributed by atoms with Crippen molar-refractivity contribution in [2.24, 2.45) is 0 Å². The van der Waals surface area contributed by atoms with Crippen LogP contribution in [0.4, 0.5) is 10.1 Å². The molecule has 0 bridgehead atoms. The van der Waals surface area contributed by atoms with E-state index in [0.717, 1.165) is 12.0 Å². The van der Waals surface area contributed by atoms with Crippen molar-refractivity contribution in [1.82, 2.24) is 5.32 Å². The third-order valence-corrected chi connectivity index (χ3v) is 4.75. The second-order valence-corrected chi connectivity index (χ2v) is 7.28. The van der Waals surface area contributed by atoms with Gasteiger partial charge in [-0.15, -0.1) is 0 Å². The van der Waals surface area contributed by atoms with E-state index in [0.29, 0.717) is 42.3 Å². The van der Waals surface area contributed by atoms with Gasteiger partial charge >= 0.3 is 0 Å². The maximum atomic E-state index is 13.0. The molecule has 0 radical (unpaired) electrons. The smallest absolute Gasteiger partial charge is 0.255 e. The minimum Gasteiger partial charge on any atom is -0.489 e. The molecule has 0 atom stereocenters. The molecule has 172 valence electrons. The molecule has 0 fully saturated rings. The van der Waals surface area contributed by atoms with E-state index in [2.05, 4.69) is 10.6 Å². The number of carbonyl (C=O) groups is 2. The molecule has 7 heteroatoms. The summed E-state index contributed by atoms with van der Waals surface area (Å²) in [4.78, 5) is 25.0. The van der Waals surface area contributed by atoms with Crippen molar-refractivity contribution >= 4 is 17.5 Å². The Morgan fingerprint density at radius 3 is 2.39 bits per heavy atom. The van der Waals surface area contributed by atoms with Crippen LogP contribution in [0, 0.1) is 5.82 Å². The van der Waals surface area contributed by atoms with Crippen LogP contribution in [0.25, 0.3) is 0 Å². The van der Waals surface area contributed by atoms with Crippen LogP contribution in [0.2, 0.25) is 0 Å². The van der Waals surface area contributed by atoms with Crippen molar-refractivity contribution in [1.29, 1.82) is 0 Å². The summed E-state index contributed by atoms with van der Waals surface area (Å²) in [5.74, 6) is -0.317. The number of amides is 2. The number of ether oxygens (including phenoxy) is 2. The van der Waals surface area contributed by atoms with Crippen LogP contribution in [0.15, 0.2) is 72.8 Å². The Kier molecular flexibility index (Phi) is 8.97. The molecular formula is C26H27FN2O4. The molecule has 2 N–H and O–H groups in total. The molecule has 6 nitrogen and oxygen atoms in total. The predicted molar refractivity (Wildman–Crippen MR) is 125 cm³/mol. The zero-order valence-electron chi connectivity index (χ0n) is 18.5. The molecule has 0 aromatic heterocycles. The maximum Gasteiger partial charge on any atom is 0.255 e. The van der Waals surface area contributed by atoms with Crippen molar-refractivity contribution in [2.45, 2.75) is 20.0 Å². The first-order chi connectivity index (χ1) is 16.0. The number of rotatable bonds is 11. The standard InChI is InChI=1S/C26H27FN2O4/c1-2-32-15-5-14-28-25(30)20-6-3-8-23(16-20)29-26(31)21-7-4-9-24(17-21)33-18-19-10-12-22(27)13-11-19/h3-4,6-13,16-17H,2,5,14-15,18H2,1H3,(H,28,30)(H,29,31). The van der Waals surface area contributed by atoms with Gasteiger partial charge in [0.2, 0.25) is 0 Å². The first-order valence-corrected chi connectivity index (χ1v) is 10.8. The summed E-state index contributed by atoms with van der Waals surface area (Å²) in [6.45, 7) is 3.95. The zero-order valence-corrected chi connectivity index (χ0v) is 18.5. The van der Waals surface area contributed by atoms with Gasteiger partial charge in [-0.1, -0.05) is 24.3 Å². The molecule has 0 unspecified atom stereocenters. The van der Waals surface area contributed by atoms with Gasteiger partial charge in [-0.3, -0.25) is 9.59 Å². The van der Waals surface area contributed by atoms with Gasteiger partial charge in [-0.25, -0.2) is 4.39 Å². The molecule has 3 rings (SSSR count). The zero-order chi connectivity index (χ0) is 23.5. The van der Waals surface area contributed by atoms with Crippen LogP contribution in [0.3, 0.4) is 0 Å². The molecule has 3 aromatic carbocycles. The quantitative estimate of drug-likeness (QED) is 0.411. The molecule has 3 aromatic rings. The summed E-state index contributed by atoms with van der Waals surface area (Å²) in [7, 11) is 0. The highest BCUT2D eigenvalue weighted by Crippen LogP contribution is 2.18. The fourth-order valence-corrected chi connectivity index (χ4v) is 3.04. The van der Waals surface area contributed by atoms with Crippen molar-refractivity contribution in [3.05, 3.63) is 95.3 Å². The summed E-state index contributed by atoms with van der Waals surface area (Å²) in [6.07, 6.45) is 0.732. The lowest BCUT2D eigenvalue weighted by molar-refractivity contribution is 0.0943. The average Bonchev–Trinajstić information content (AvgIpc) is 2.84. The first-order valence-electron chi connectivity index (χ1n) is 10.8. The summed E-state index contributed by atoms with van der Waals surface area (Å²) in [5.41, 5.74) is 2.21. The van der Waals surface area contributed by atoms with E-state index in [9.17, 15) is 14.0 Å². The monoisotopic (exact) mass is 450 g/mol. The average molecular weight is 451 g/mol. The Bertz CT molecular complexity index is 1070. The van der Waals surface area contributed by atoms with Crippen LogP contribution in [-0.4, -0.2) is 31.6 Å². The Morgan fingerprint density at radius 1 is 0.909 bits per heavy atom. The summed E-state index contributed by atoms with van der Waals surface area (Å²) < 4.78 is 24.0. The number of nitrogens with one attached hydrogen (secondary N) is 2. The van der Waals surface area contributed by atoms with Crippen LogP contribution >= 0.6 is 0 Å². The summed E-state index contributed by atoms with van der Waals surface area (Å²) >= 11 is 0. The number of anilines is 1. The van der Waals surface area contributed by atoms with Crippen molar-refractivity contribution in [2.75, 3.05) is 25.1 Å². The number of hydrogen-bond donors (Lipinski definition) is 2. The Morgan fingerprint density at radius 2 is 1.64 bits per heavy atom. The Hall–Kier alpha value is -3.71. The van der Waals surface area contributed by atoms with E-state index in [4.69, 9.17) is 9.47 Å². The maximum absolute atomic E-state index is 13.0. The lowest BCUT2D eigenvalue weighted by Gasteiger charge is -2.10. The number of hydrogen-bond acceptors (Lipinski definition) is 4. The van der Waals surface area contributed by atoms with Gasteiger partial charge in [0.05, 0.1) is 0 Å². The molecule has 0 saturated heterocycles. The van der Waals surface area contributed by atoms with Gasteiger partial charge in [-0.2, -0.15) is 0 Å². The van der Waals surface area contributed by atoms with E-state index in [1.165, 1.54) is 12.1 Å². The topological polar surface area (TPSA) is 76.7 Å². The van der Waals surface area contributed by atoms with Gasteiger partial charge in [-0.05, 0) is 67.4 Å². The largest absolute Gasteiger partial charge is 0.489 e. The molecular weight excluding hydrogens is 423 g/mol. The van der Waals surface area contributed by atoms with E-state index in [1.807, 2.05) is 6.92 Å². The SMILES string of the molecule is CCOCCCNC(=O)c1cccc(NC(=O)c2cccc(OCc3ccc(F)cc3)c2)c1. The number of benzene rings is 3. The van der Waals surface area contributed by atoms with Crippen molar-refractivity contribution in [3.8, 4) is 5.75 Å². The molecule has 0 saturated carbocycles. The summed E-state index contributed by atoms with van der Waals surface area (Å²) in [6, 6.07) is 19.6. The van der Waals surface area contributed by atoms with E-state index in [-0.39, 0.29) is 24.2 Å². The molecule has 0 heterocycles. The van der Waals surface area contributed by atoms with Crippen molar-refractivity contribution < 1.29 is 23.5 Å². The number of carbonyl (C=O) groups excluding carboxylic acids is 2. The molecule has 0 aliphatic rings. The van der Waals surface area contributed by atoms with E-state index < -0.39 is 0 Å². The molecule has 0 aliphatic carbocycles. The second kappa shape index (κ2) is 12.4. The molecule has 2 amide bonds. The summed E-state index contributed by atoms with van der Waals surface area (Å²) in [5, 5.41) is 5.65. The fourth-order valence-electron chi connectivity index (χ4n) is 3.04. The van der Waals surface area contributed by atoms with E-state index >= 15 is 0 Å². The highest BCUT2D eigenvalue weighted by molar-refractivity contribution is 6.05. The number of halogens is 1. The van der Waals surface area contributed by atoms with Crippen LogP contribution in [0.1, 0.15) is 39.6 Å². The lowest BCUT2D eigenvalue weighted by Crippen LogP contribution is -2.25. The normalized spacial score (nSPS) is 10.5. The van der Waals surface area contributed by atoms with Crippen LogP contribution < -0.4 is 15.4 Å². The van der Waals surface area contributed by atoms with Crippen LogP contribution in [-0.2, 0) is 11.3 Å². The Labute approximate surface area is 192 Å². The van der Waals surface area contributed by atoms with Gasteiger partial charge in [0.25, 0.3) is 11.8 Å².